The average molecular weight is 200 g/mol. The van der Waals surface area contributed by atoms with Crippen LogP contribution in [0.2, 0.25) is 0 Å². The van der Waals surface area contributed by atoms with Crippen LogP contribution in [0.1, 0.15) is 20.8 Å². The number of hydrogen-bond donors (Lipinski definition) is 1. The average Bonchev–Trinajstić information content (AvgIpc) is 2.17. The lowest BCUT2D eigenvalue weighted by Crippen LogP contribution is -2.53. The molecule has 1 N–H and O–H groups in total. The molecule has 14 heavy (non-hydrogen) atoms. The van der Waals surface area contributed by atoms with E-state index in [2.05, 4.69) is 12.2 Å². The molecule has 0 aliphatic carbocycles. The molecule has 4 heteroatoms. The molecule has 0 aromatic heterocycles. The summed E-state index contributed by atoms with van der Waals surface area (Å²) in [5.41, 5.74) is 0. The van der Waals surface area contributed by atoms with Crippen molar-refractivity contribution < 1.29 is 9.53 Å². The summed E-state index contributed by atoms with van der Waals surface area (Å²) in [6.45, 7) is 8.87. The first-order chi connectivity index (χ1) is 6.65. The van der Waals surface area contributed by atoms with Crippen LogP contribution in [0, 0.1) is 0 Å². The number of piperazine rings is 1. The zero-order chi connectivity index (χ0) is 10.6. The highest BCUT2D eigenvalue weighted by Gasteiger charge is 2.24. The van der Waals surface area contributed by atoms with Gasteiger partial charge in [0.25, 0.3) is 5.91 Å². The first kappa shape index (κ1) is 11.5. The molecule has 1 fully saturated rings. The van der Waals surface area contributed by atoms with Crippen LogP contribution in [0.15, 0.2) is 0 Å². The van der Waals surface area contributed by atoms with Crippen molar-refractivity contribution in [1.82, 2.24) is 10.2 Å². The van der Waals surface area contributed by atoms with Crippen LogP contribution in [-0.4, -0.2) is 49.2 Å². The van der Waals surface area contributed by atoms with Crippen molar-refractivity contribution in [3.8, 4) is 0 Å². The van der Waals surface area contributed by atoms with Gasteiger partial charge in [0.15, 0.2) is 0 Å². The van der Waals surface area contributed by atoms with E-state index in [4.69, 9.17) is 4.74 Å². The summed E-state index contributed by atoms with van der Waals surface area (Å²) in [4.78, 5) is 13.7. The molecule has 82 valence electrons. The normalized spacial score (nSPS) is 24.8. The zero-order valence-corrected chi connectivity index (χ0v) is 9.25. The van der Waals surface area contributed by atoms with Gasteiger partial charge in [-0.15, -0.1) is 0 Å². The predicted octanol–water partition coefficient (Wildman–Crippen LogP) is 0.232. The molecule has 0 radical (unpaired) electrons. The summed E-state index contributed by atoms with van der Waals surface area (Å²) >= 11 is 0. The van der Waals surface area contributed by atoms with Crippen molar-refractivity contribution in [1.29, 1.82) is 0 Å². The highest BCUT2D eigenvalue weighted by atomic mass is 16.5. The van der Waals surface area contributed by atoms with Crippen LogP contribution in [0.3, 0.4) is 0 Å². The van der Waals surface area contributed by atoms with Crippen LogP contribution < -0.4 is 5.32 Å². The highest BCUT2D eigenvalue weighted by molar-refractivity contribution is 5.80. The lowest BCUT2D eigenvalue weighted by Gasteiger charge is -2.33. The van der Waals surface area contributed by atoms with Crippen molar-refractivity contribution in [2.45, 2.75) is 32.9 Å². The lowest BCUT2D eigenvalue weighted by molar-refractivity contribution is -0.143. The molecule has 1 heterocycles. The Balaban J connectivity index is 2.42. The molecule has 1 unspecified atom stereocenters. The second-order valence-corrected chi connectivity index (χ2v) is 3.74. The predicted molar refractivity (Wildman–Crippen MR) is 55.1 cm³/mol. The third-order valence-electron chi connectivity index (χ3n) is 2.44. The Hall–Kier alpha value is -0.610. The van der Waals surface area contributed by atoms with Crippen molar-refractivity contribution in [2.75, 3.05) is 26.2 Å². The number of nitrogens with zero attached hydrogens (tertiary/aromatic N) is 1. The quantitative estimate of drug-likeness (QED) is 0.709. The van der Waals surface area contributed by atoms with Gasteiger partial charge in [-0.3, -0.25) is 4.79 Å². The van der Waals surface area contributed by atoms with E-state index in [1.165, 1.54) is 0 Å². The molecule has 0 aromatic rings. The van der Waals surface area contributed by atoms with Gasteiger partial charge >= 0.3 is 0 Å². The minimum atomic E-state index is -0.301. The summed E-state index contributed by atoms with van der Waals surface area (Å²) in [6, 6.07) is 0.390. The molecule has 1 rings (SSSR count). The van der Waals surface area contributed by atoms with E-state index in [1.807, 2.05) is 18.7 Å². The number of ether oxygens (including phenoxy) is 1. The molecule has 1 aliphatic heterocycles. The molecule has 4 nitrogen and oxygen atoms in total. The largest absolute Gasteiger partial charge is 0.369 e. The standard InChI is InChI=1S/C10H20N2O2/c1-4-14-9(3)10(13)12-6-5-11-8(2)7-12/h8-9,11H,4-7H2,1-3H3/t8-,9?/m0/s1. The Morgan fingerprint density at radius 3 is 3.00 bits per heavy atom. The number of amides is 1. The van der Waals surface area contributed by atoms with E-state index in [0.29, 0.717) is 12.6 Å². The second kappa shape index (κ2) is 5.32. The molecule has 1 saturated heterocycles. The fraction of sp³-hybridized carbons (Fsp3) is 0.900. The third-order valence-corrected chi connectivity index (χ3v) is 2.44. The van der Waals surface area contributed by atoms with Crippen molar-refractivity contribution in [3.05, 3.63) is 0 Å². The topological polar surface area (TPSA) is 41.6 Å². The van der Waals surface area contributed by atoms with E-state index in [-0.39, 0.29) is 12.0 Å². The maximum atomic E-state index is 11.8. The van der Waals surface area contributed by atoms with Gasteiger partial charge in [-0.25, -0.2) is 0 Å². The van der Waals surface area contributed by atoms with Gasteiger partial charge in [0.05, 0.1) is 0 Å². The molecule has 1 amide bonds. The van der Waals surface area contributed by atoms with E-state index >= 15 is 0 Å². The fourth-order valence-electron chi connectivity index (χ4n) is 1.71. The summed E-state index contributed by atoms with van der Waals surface area (Å²) in [5.74, 6) is 0.111. The lowest BCUT2D eigenvalue weighted by atomic mass is 10.2. The zero-order valence-electron chi connectivity index (χ0n) is 9.25. The van der Waals surface area contributed by atoms with E-state index < -0.39 is 0 Å². The summed E-state index contributed by atoms with van der Waals surface area (Å²) < 4.78 is 5.28. The maximum Gasteiger partial charge on any atom is 0.251 e. The van der Waals surface area contributed by atoms with Crippen LogP contribution in [0.25, 0.3) is 0 Å². The Morgan fingerprint density at radius 1 is 1.71 bits per heavy atom. The molecule has 0 bridgehead atoms. The minimum Gasteiger partial charge on any atom is -0.369 e. The van der Waals surface area contributed by atoms with E-state index in [9.17, 15) is 4.79 Å². The van der Waals surface area contributed by atoms with Crippen molar-refractivity contribution >= 4 is 5.91 Å². The maximum absolute atomic E-state index is 11.8. The van der Waals surface area contributed by atoms with Crippen LogP contribution >= 0.6 is 0 Å². The molecule has 0 aromatic carbocycles. The van der Waals surface area contributed by atoms with Gasteiger partial charge < -0.3 is 15.0 Å². The Labute approximate surface area is 85.6 Å². The van der Waals surface area contributed by atoms with Gasteiger partial charge in [-0.2, -0.15) is 0 Å². The smallest absolute Gasteiger partial charge is 0.251 e. The monoisotopic (exact) mass is 200 g/mol. The molecule has 1 aliphatic rings. The van der Waals surface area contributed by atoms with Gasteiger partial charge in [-0.05, 0) is 20.8 Å². The van der Waals surface area contributed by atoms with Crippen molar-refractivity contribution in [2.24, 2.45) is 0 Å². The molecule has 0 saturated carbocycles. The molecular formula is C10H20N2O2. The van der Waals surface area contributed by atoms with E-state index in [0.717, 1.165) is 19.6 Å². The first-order valence-electron chi connectivity index (χ1n) is 5.29. The molecule has 2 atom stereocenters. The molecular weight excluding hydrogens is 180 g/mol. The third kappa shape index (κ3) is 2.96. The minimum absolute atomic E-state index is 0.111. The van der Waals surface area contributed by atoms with Gasteiger partial charge in [0, 0.05) is 32.3 Å². The fourth-order valence-corrected chi connectivity index (χ4v) is 1.71. The first-order valence-corrected chi connectivity index (χ1v) is 5.29. The number of carbonyl (C=O) groups excluding carboxylic acids is 1. The van der Waals surface area contributed by atoms with E-state index in [1.54, 1.807) is 0 Å². The van der Waals surface area contributed by atoms with Crippen LogP contribution in [0.4, 0.5) is 0 Å². The SMILES string of the molecule is CCOC(C)C(=O)N1CCN[C@@H](C)C1. The number of rotatable bonds is 3. The summed E-state index contributed by atoms with van der Waals surface area (Å²) in [6.07, 6.45) is -0.301. The molecule has 0 spiro atoms. The van der Waals surface area contributed by atoms with Crippen molar-refractivity contribution in [3.63, 3.8) is 0 Å². The highest BCUT2D eigenvalue weighted by Crippen LogP contribution is 2.03. The van der Waals surface area contributed by atoms with Gasteiger partial charge in [-0.1, -0.05) is 0 Å². The van der Waals surface area contributed by atoms with Gasteiger partial charge in [0.1, 0.15) is 6.10 Å². The van der Waals surface area contributed by atoms with Crippen LogP contribution in [-0.2, 0) is 9.53 Å². The number of nitrogens with one attached hydrogen (secondary N) is 1. The summed E-state index contributed by atoms with van der Waals surface area (Å²) in [7, 11) is 0. The van der Waals surface area contributed by atoms with Gasteiger partial charge in [0.2, 0.25) is 0 Å². The summed E-state index contributed by atoms with van der Waals surface area (Å²) in [5, 5.41) is 3.30. The number of carbonyl (C=O) groups is 1. The number of hydrogen-bond acceptors (Lipinski definition) is 3. The Morgan fingerprint density at radius 2 is 2.43 bits per heavy atom. The second-order valence-electron chi connectivity index (χ2n) is 3.74. The Bertz CT molecular complexity index is 197. The Kier molecular flexibility index (Phi) is 4.35. The van der Waals surface area contributed by atoms with Crippen LogP contribution in [0.5, 0.6) is 0 Å².